The number of ether oxygens (including phenoxy) is 6. The van der Waals surface area contributed by atoms with Crippen LogP contribution in [0.15, 0.2) is 115 Å². The molecule has 7 fully saturated rings. The Morgan fingerprint density at radius 2 is 0.983 bits per heavy atom. The van der Waals surface area contributed by atoms with Gasteiger partial charge in [0.2, 0.25) is 23.6 Å². The summed E-state index contributed by atoms with van der Waals surface area (Å²) in [6.45, 7) is 15.3. The molecule has 5 aliphatic heterocycles. The predicted molar refractivity (Wildman–Crippen MR) is 437 cm³/mol. The van der Waals surface area contributed by atoms with E-state index < -0.39 is 95.2 Å². The quantitative estimate of drug-likeness (QED) is 0.0206. The van der Waals surface area contributed by atoms with Crippen LogP contribution in [0.1, 0.15) is 185 Å². The summed E-state index contributed by atoms with van der Waals surface area (Å²) in [4.78, 5) is 168. The number of nitrogens with two attached hydrogens (primary N) is 1. The Kier molecular flexibility index (Phi) is 38.6. The zero-order chi connectivity index (χ0) is 87.8. The van der Waals surface area contributed by atoms with Gasteiger partial charge >= 0.3 is 48.0 Å². The molecule has 7 aliphatic rings. The summed E-state index contributed by atoms with van der Waals surface area (Å²) in [5, 5.41) is 32.1. The van der Waals surface area contributed by atoms with Crippen LogP contribution in [0.5, 0.6) is 0 Å². The maximum atomic E-state index is 13.3. The van der Waals surface area contributed by atoms with E-state index in [4.69, 9.17) is 41.4 Å². The molecule has 0 bridgehead atoms. The molecule has 32 heteroatoms. The van der Waals surface area contributed by atoms with Gasteiger partial charge in [-0.05, 0) is 166 Å². The highest BCUT2D eigenvalue weighted by Crippen LogP contribution is 2.36. The molecule has 4 aromatic rings. The molecule has 9 N–H and O–H groups in total. The first-order chi connectivity index (χ1) is 56.3. The number of rotatable bonds is 22. The number of carbonyl (C=O) groups is 14. The van der Waals surface area contributed by atoms with Crippen molar-refractivity contribution in [3.63, 3.8) is 0 Å². The summed E-state index contributed by atoms with van der Waals surface area (Å²) in [6, 6.07) is 29.2. The molecule has 4 aromatic carbocycles. The summed E-state index contributed by atoms with van der Waals surface area (Å²) in [7, 11) is 5.22. The van der Waals surface area contributed by atoms with Crippen molar-refractivity contribution in [2.75, 3.05) is 61.2 Å². The Bertz CT molecular complexity index is 4100. The van der Waals surface area contributed by atoms with E-state index in [0.29, 0.717) is 77.4 Å². The fraction of sp³-hybridized carbons (Fsp3) is 0.540. The number of esters is 4. The molecule has 0 aromatic heterocycles. The minimum atomic E-state index is -1.12. The van der Waals surface area contributed by atoms with Gasteiger partial charge in [-0.2, -0.15) is 0 Å². The molecule has 11 rings (SSSR count). The first-order valence-corrected chi connectivity index (χ1v) is 40.5. The van der Waals surface area contributed by atoms with Crippen LogP contribution >= 0.6 is 11.6 Å². The summed E-state index contributed by atoms with van der Waals surface area (Å²) < 4.78 is 42.6. The number of halogens is 2. The van der Waals surface area contributed by atoms with Gasteiger partial charge in [-0.1, -0.05) is 116 Å². The van der Waals surface area contributed by atoms with Crippen LogP contribution in [0.3, 0.4) is 0 Å². The van der Waals surface area contributed by atoms with Crippen molar-refractivity contribution in [3.8, 4) is 0 Å². The Morgan fingerprint density at radius 1 is 0.555 bits per heavy atom. The van der Waals surface area contributed by atoms with Crippen LogP contribution in [0, 0.1) is 35.4 Å². The van der Waals surface area contributed by atoms with Crippen molar-refractivity contribution in [1.29, 1.82) is 0 Å². The van der Waals surface area contributed by atoms with Gasteiger partial charge in [0.15, 0.2) is 0 Å². The lowest BCUT2D eigenvalue weighted by Crippen LogP contribution is -2.52. The minimum absolute atomic E-state index is 0.00546. The normalized spacial score (nSPS) is 22.7. The van der Waals surface area contributed by atoms with E-state index in [1.165, 1.54) is 62.0 Å². The van der Waals surface area contributed by atoms with Crippen molar-refractivity contribution >= 4 is 101 Å². The van der Waals surface area contributed by atoms with Crippen LogP contribution in [-0.4, -0.2) is 212 Å². The van der Waals surface area contributed by atoms with E-state index in [1.54, 1.807) is 48.5 Å². The first kappa shape index (κ1) is 97.2. The third-order valence-corrected chi connectivity index (χ3v) is 21.4. The number of aliphatic carboxylic acids is 2. The highest BCUT2D eigenvalue weighted by molar-refractivity contribution is 6.30. The molecule has 119 heavy (non-hydrogen) atoms. The molecule has 5 saturated heterocycles. The maximum absolute atomic E-state index is 13.3. The number of benzene rings is 4. The highest BCUT2D eigenvalue weighted by Gasteiger charge is 2.46. The molecule has 0 unspecified atom stereocenters. The summed E-state index contributed by atoms with van der Waals surface area (Å²) in [5.74, 6) is -5.21. The average molecular weight is 1680 g/mol. The number of nitrogens with zero attached hydrogens (tertiary/aromatic N) is 2. The average Bonchev–Trinajstić information content (AvgIpc) is 1.66. The fourth-order valence-corrected chi connectivity index (χ4v) is 15.1. The van der Waals surface area contributed by atoms with Gasteiger partial charge in [-0.15, -0.1) is 0 Å². The molecule has 2 saturated carbocycles. The maximum Gasteiger partial charge on any atom is 0.411 e. The zero-order valence-electron chi connectivity index (χ0n) is 69.6. The van der Waals surface area contributed by atoms with E-state index in [1.807, 2.05) is 78.9 Å². The molecule has 0 spiro atoms. The number of Topliss-reactive ketones (excluding diaryl/α,β-unsaturated/α-hetero) is 2. The Morgan fingerprint density at radius 3 is 1.38 bits per heavy atom. The monoisotopic (exact) mass is 1680 g/mol. The molecule has 2 aliphatic carbocycles. The van der Waals surface area contributed by atoms with E-state index >= 15 is 0 Å². The van der Waals surface area contributed by atoms with E-state index in [-0.39, 0.29) is 106 Å². The lowest BCUT2D eigenvalue weighted by molar-refractivity contribution is -0.146. The second-order valence-corrected chi connectivity index (χ2v) is 32.7. The molecule has 14 atom stereocenters. The van der Waals surface area contributed by atoms with Crippen molar-refractivity contribution in [2.45, 2.75) is 210 Å². The van der Waals surface area contributed by atoms with Crippen LogP contribution in [0.4, 0.5) is 14.0 Å². The smallest absolute Gasteiger partial charge is 0.411 e. The number of likely N-dealkylation sites (tertiary alicyclic amines) is 2. The van der Waals surface area contributed by atoms with Crippen molar-refractivity contribution in [2.24, 2.45) is 35.3 Å². The molecule has 30 nitrogen and oxygen atoms in total. The van der Waals surface area contributed by atoms with Gasteiger partial charge in [0, 0.05) is 97.7 Å². The lowest BCUT2D eigenvalue weighted by atomic mass is 9.95. The van der Waals surface area contributed by atoms with Gasteiger partial charge in [0.1, 0.15) is 58.8 Å². The van der Waals surface area contributed by atoms with Crippen molar-refractivity contribution in [1.82, 2.24) is 36.4 Å². The van der Waals surface area contributed by atoms with Crippen LogP contribution in [-0.2, 0) is 86.0 Å². The van der Waals surface area contributed by atoms with Gasteiger partial charge in [0.25, 0.3) is 0 Å². The van der Waals surface area contributed by atoms with E-state index in [9.17, 15) is 76.6 Å². The molecular weight excluding hydrogens is 1560 g/mol. The molecular formula is C87H116ClFN8O22. The SMILES string of the molecule is CC(C)(C)OC(=O)N1C[C@H](c2ccccc2)C[C@H]1C(=O)O.COC(=O)[C@@H](C)C[C@@H]1CCNC1=O.COC(=O)[C@@H](N)C[C@@H]1CCNC1=O.COC(=O)[C@H](C[C@@H]1CCCC1=O)NC(=O)[C@@H]1C[C@@H](c2ccccc2)CN1.COC(=O)[C@H](C[C@@H]1CCCC1=O)NC(=O)[C@@H]1C[C@@H](c2ccccc2)CN1C(=O)OC(C)(C)C.O=C(O)/C=C/c1ccc(Cl)cc1F. The number of carboxylic acids is 2. The number of nitrogens with one attached hydrogen (secondary N) is 5. The Labute approximate surface area is 699 Å². The molecule has 0 radical (unpaired) electrons. The molecule has 650 valence electrons. The van der Waals surface area contributed by atoms with Crippen LogP contribution < -0.4 is 32.3 Å². The number of ketones is 2. The lowest BCUT2D eigenvalue weighted by Gasteiger charge is -2.29. The number of carboxylic acid groups (broad SMARTS) is 2. The summed E-state index contributed by atoms with van der Waals surface area (Å²) in [5.41, 5.74) is 7.66. The minimum Gasteiger partial charge on any atom is -0.480 e. The summed E-state index contributed by atoms with van der Waals surface area (Å²) >= 11 is 5.50. The Hall–Kier alpha value is -10.7. The van der Waals surface area contributed by atoms with E-state index in [0.717, 1.165) is 68.5 Å². The standard InChI is InChI=1S/C25H34N2O6.C20H26N2O4.C16H21NO4.C9H6ClFO2.C9H15NO3.C8H14N2O3/c1-25(2,3)33-24(31)27-15-18(16-9-6-5-7-10-16)14-20(27)22(29)26-19(23(30)32-4)13-17-11-8-12-21(17)28;1-26-20(25)17(10-14-8-5-9-18(14)23)22-19(24)16-11-15(12-21-16)13-6-3-2-4-7-13;1-16(2,3)21-15(20)17-10-12(9-13(17)14(18)19)11-7-5-4-6-8-11;10-7-3-1-6(8(11)5-7)2-4-9(12)13;1-6(9(12)13-2)5-7-3-4-10-8(7)11;1-13-8(12)6(9)4-5-2-3-10-7(5)11/h5-7,9-10,17-20H,8,11-15H2,1-4H3,(H,26,29);2-4,6-7,14-17,21H,5,8-12H2,1H3,(H,22,24);4-8,12-13H,9-10H2,1-3H3,(H,18,19);1-5H,(H,12,13);6-7H,3-5H2,1-2H3,(H,10,11);5-6H,2-4,9H2,1H3,(H,10,11)/b;;;4-2+;;/t17-,18+,19-,20-;14-,15+,16-,17-;12-,13+;;6-,7-;5-,6-/m001.00/s1. The second kappa shape index (κ2) is 47.2. The van der Waals surface area contributed by atoms with Gasteiger partial charge < -0.3 is 71.0 Å². The molecule has 6 amide bonds. The van der Waals surface area contributed by atoms with Crippen molar-refractivity contribution < 1.29 is 110 Å². The molecule has 5 heterocycles. The van der Waals surface area contributed by atoms with Crippen LogP contribution in [0.25, 0.3) is 6.08 Å². The fourth-order valence-electron chi connectivity index (χ4n) is 15.0. The Balaban J connectivity index is 0.000000230. The van der Waals surface area contributed by atoms with Crippen LogP contribution in [0.2, 0.25) is 5.02 Å². The zero-order valence-corrected chi connectivity index (χ0v) is 70.3. The number of carbonyl (C=O) groups excluding carboxylic acids is 12. The van der Waals surface area contributed by atoms with Gasteiger partial charge in [-0.3, -0.25) is 48.2 Å². The second-order valence-electron chi connectivity index (χ2n) is 32.3. The third-order valence-electron chi connectivity index (χ3n) is 21.2. The predicted octanol–water partition coefficient (Wildman–Crippen LogP) is 9.52. The number of hydrogen-bond donors (Lipinski definition) is 8. The topological polar surface area (TPSA) is 427 Å². The van der Waals surface area contributed by atoms with E-state index in [2.05, 4.69) is 48.2 Å². The van der Waals surface area contributed by atoms with Crippen molar-refractivity contribution in [3.05, 3.63) is 148 Å². The van der Waals surface area contributed by atoms with Gasteiger partial charge in [0.05, 0.1) is 40.4 Å². The highest BCUT2D eigenvalue weighted by atomic mass is 35.5. The third kappa shape index (κ3) is 31.5. The first-order valence-electron chi connectivity index (χ1n) is 40.1. The number of methoxy groups -OCH3 is 4. The number of amides is 6. The van der Waals surface area contributed by atoms with Gasteiger partial charge in [-0.25, -0.2) is 33.2 Å². The largest absolute Gasteiger partial charge is 0.480 e. The number of hydrogen-bond acceptors (Lipinski definition) is 22. The summed E-state index contributed by atoms with van der Waals surface area (Å²) in [6.07, 6.45) is 9.70.